The molecule has 0 unspecified atom stereocenters. The molecule has 2 heterocycles. The van der Waals surface area contributed by atoms with Gasteiger partial charge in [-0.05, 0) is 50.6 Å². The molecule has 3 aromatic carbocycles. The molecule has 0 saturated carbocycles. The molecular formula is C28H26CuN4O2. The van der Waals surface area contributed by atoms with Gasteiger partial charge >= 0.3 is 0 Å². The number of aromatic nitrogens is 4. The maximum Gasteiger partial charge on any atom is 0.218 e. The van der Waals surface area contributed by atoms with Gasteiger partial charge in [-0.1, -0.05) is 66.2 Å². The molecule has 7 heteroatoms. The standard InChI is InChI=1S/C28H26N4O2.Cu/c1-18-14-16-21(17-15-18)26(24-19(2)29-31(27(24)33)22-10-6-4-7-11-22)25-20(3)30-32(28(25)34)23-12-8-5-9-13-23;/h4-17,26,33-34H,1-3H3;. The van der Waals surface area contributed by atoms with Gasteiger partial charge in [0.05, 0.1) is 22.8 Å². The van der Waals surface area contributed by atoms with Crippen LogP contribution < -0.4 is 0 Å². The Hall–Kier alpha value is -3.80. The van der Waals surface area contributed by atoms with Crippen LogP contribution in [-0.2, 0) is 17.1 Å². The second-order valence-corrected chi connectivity index (χ2v) is 8.48. The Morgan fingerprint density at radius 1 is 0.600 bits per heavy atom. The van der Waals surface area contributed by atoms with Crippen LogP contribution in [0.25, 0.3) is 11.4 Å². The number of nitrogens with zero attached hydrogens (tertiary/aromatic N) is 4. The zero-order valence-corrected chi connectivity index (χ0v) is 20.6. The number of aromatic hydroxyl groups is 2. The van der Waals surface area contributed by atoms with E-state index in [4.69, 9.17) is 0 Å². The molecule has 0 amide bonds. The van der Waals surface area contributed by atoms with Gasteiger partial charge in [0.25, 0.3) is 0 Å². The smallest absolute Gasteiger partial charge is 0.218 e. The first-order valence-corrected chi connectivity index (χ1v) is 11.2. The van der Waals surface area contributed by atoms with Crippen LogP contribution in [0.4, 0.5) is 0 Å². The third-order valence-electron chi connectivity index (χ3n) is 6.15. The van der Waals surface area contributed by atoms with E-state index in [1.54, 1.807) is 9.36 Å². The van der Waals surface area contributed by atoms with Gasteiger partial charge in [0, 0.05) is 34.1 Å². The van der Waals surface area contributed by atoms with Crippen LogP contribution in [0.3, 0.4) is 0 Å². The normalized spacial score (nSPS) is 11.0. The summed E-state index contributed by atoms with van der Waals surface area (Å²) in [5.74, 6) is -0.378. The minimum Gasteiger partial charge on any atom is -0.493 e. The fourth-order valence-electron chi connectivity index (χ4n) is 4.47. The quantitative estimate of drug-likeness (QED) is 0.301. The van der Waals surface area contributed by atoms with Crippen molar-refractivity contribution in [1.29, 1.82) is 0 Å². The topological polar surface area (TPSA) is 76.1 Å². The maximum atomic E-state index is 11.4. The third-order valence-corrected chi connectivity index (χ3v) is 6.15. The summed E-state index contributed by atoms with van der Waals surface area (Å²) < 4.78 is 3.08. The van der Waals surface area contributed by atoms with Gasteiger partial charge in [0.1, 0.15) is 0 Å². The van der Waals surface area contributed by atoms with E-state index in [9.17, 15) is 10.2 Å². The van der Waals surface area contributed by atoms with Crippen molar-refractivity contribution in [2.24, 2.45) is 0 Å². The van der Waals surface area contributed by atoms with Crippen molar-refractivity contribution < 1.29 is 27.3 Å². The van der Waals surface area contributed by atoms with Crippen LogP contribution in [0.5, 0.6) is 11.8 Å². The van der Waals surface area contributed by atoms with Crippen molar-refractivity contribution in [2.45, 2.75) is 26.7 Å². The summed E-state index contributed by atoms with van der Waals surface area (Å²) in [6.45, 7) is 5.79. The molecule has 6 nitrogen and oxygen atoms in total. The van der Waals surface area contributed by atoms with E-state index in [0.29, 0.717) is 22.5 Å². The van der Waals surface area contributed by atoms with Crippen LogP contribution in [0.2, 0.25) is 0 Å². The number of hydrogen-bond donors (Lipinski definition) is 2. The van der Waals surface area contributed by atoms with Gasteiger partial charge in [0.15, 0.2) is 0 Å². The van der Waals surface area contributed by atoms with E-state index >= 15 is 0 Å². The molecule has 0 bridgehead atoms. The summed E-state index contributed by atoms with van der Waals surface area (Å²) in [5, 5.41) is 32.1. The summed E-state index contributed by atoms with van der Waals surface area (Å²) >= 11 is 0. The van der Waals surface area contributed by atoms with Crippen molar-refractivity contribution >= 4 is 0 Å². The zero-order valence-electron chi connectivity index (χ0n) is 19.6. The molecule has 0 spiro atoms. The SMILES string of the molecule is Cc1ccc(C(c2c(C)nn(-c3ccccc3)c2O)c2c(C)nn(-c3ccccc3)c2O)cc1.[Cu]. The van der Waals surface area contributed by atoms with Crippen LogP contribution >= 0.6 is 0 Å². The second kappa shape index (κ2) is 9.82. The van der Waals surface area contributed by atoms with E-state index in [0.717, 1.165) is 22.5 Å². The third kappa shape index (κ3) is 4.36. The molecule has 0 aliphatic rings. The fraction of sp³-hybridized carbons (Fsp3) is 0.143. The van der Waals surface area contributed by atoms with Crippen LogP contribution in [0, 0.1) is 20.8 Å². The summed E-state index contributed by atoms with van der Waals surface area (Å²) in [6.07, 6.45) is 0. The Morgan fingerprint density at radius 2 is 1.00 bits per heavy atom. The van der Waals surface area contributed by atoms with E-state index in [1.807, 2.05) is 106 Å². The molecule has 5 aromatic rings. The van der Waals surface area contributed by atoms with Crippen molar-refractivity contribution in [1.82, 2.24) is 19.6 Å². The van der Waals surface area contributed by atoms with Gasteiger partial charge in [-0.3, -0.25) is 0 Å². The summed E-state index contributed by atoms with van der Waals surface area (Å²) in [7, 11) is 0. The number of para-hydroxylation sites is 2. The van der Waals surface area contributed by atoms with E-state index < -0.39 is 5.92 Å². The van der Waals surface area contributed by atoms with E-state index in [2.05, 4.69) is 10.2 Å². The van der Waals surface area contributed by atoms with Gasteiger partial charge < -0.3 is 10.2 Å². The molecule has 2 aromatic heterocycles. The maximum absolute atomic E-state index is 11.4. The first-order chi connectivity index (χ1) is 16.5. The number of rotatable bonds is 5. The molecule has 0 fully saturated rings. The molecule has 2 N–H and O–H groups in total. The monoisotopic (exact) mass is 513 g/mol. The molecule has 1 radical (unpaired) electrons. The van der Waals surface area contributed by atoms with Crippen molar-refractivity contribution in [3.63, 3.8) is 0 Å². The molecule has 5 rings (SSSR count). The van der Waals surface area contributed by atoms with E-state index in [1.165, 1.54) is 0 Å². The Morgan fingerprint density at radius 3 is 1.40 bits per heavy atom. The number of hydrogen-bond acceptors (Lipinski definition) is 4. The molecule has 0 aliphatic carbocycles. The van der Waals surface area contributed by atoms with Gasteiger partial charge in [0.2, 0.25) is 11.8 Å². The van der Waals surface area contributed by atoms with Crippen LogP contribution in [0.1, 0.15) is 39.6 Å². The average Bonchev–Trinajstić information content (AvgIpc) is 3.32. The number of benzene rings is 3. The van der Waals surface area contributed by atoms with Crippen molar-refractivity contribution in [3.05, 3.63) is 119 Å². The Balaban J connectivity index is 0.00000289. The van der Waals surface area contributed by atoms with Gasteiger partial charge in [-0.15, -0.1) is 0 Å². The van der Waals surface area contributed by atoms with E-state index in [-0.39, 0.29) is 28.8 Å². The van der Waals surface area contributed by atoms with Crippen LogP contribution in [-0.4, -0.2) is 29.8 Å². The largest absolute Gasteiger partial charge is 0.493 e. The zero-order chi connectivity index (χ0) is 23.8. The predicted molar refractivity (Wildman–Crippen MR) is 132 cm³/mol. The minimum absolute atomic E-state index is 0. The first kappa shape index (κ1) is 24.3. The Labute approximate surface area is 215 Å². The average molecular weight is 514 g/mol. The van der Waals surface area contributed by atoms with Crippen LogP contribution in [0.15, 0.2) is 84.9 Å². The Bertz CT molecular complexity index is 1350. The molecule has 35 heavy (non-hydrogen) atoms. The number of aryl methyl sites for hydroxylation is 3. The molecule has 0 saturated heterocycles. The molecule has 0 aliphatic heterocycles. The fourth-order valence-corrected chi connectivity index (χ4v) is 4.47. The van der Waals surface area contributed by atoms with Crippen molar-refractivity contribution in [2.75, 3.05) is 0 Å². The molecular weight excluding hydrogens is 488 g/mol. The molecule has 0 atom stereocenters. The van der Waals surface area contributed by atoms with Gasteiger partial charge in [-0.2, -0.15) is 10.2 Å². The Kier molecular flexibility index (Phi) is 6.83. The summed E-state index contributed by atoms with van der Waals surface area (Å²) in [6, 6.07) is 27.2. The minimum atomic E-state index is -0.462. The predicted octanol–water partition coefficient (Wildman–Crippen LogP) is 5.57. The van der Waals surface area contributed by atoms with Crippen molar-refractivity contribution in [3.8, 4) is 23.1 Å². The summed E-state index contributed by atoms with van der Waals surface area (Å²) in [5.41, 5.74) is 6.22. The molecule has 181 valence electrons. The first-order valence-electron chi connectivity index (χ1n) is 11.2. The summed E-state index contributed by atoms with van der Waals surface area (Å²) in [4.78, 5) is 0. The second-order valence-electron chi connectivity index (χ2n) is 8.48. The van der Waals surface area contributed by atoms with Gasteiger partial charge in [-0.25, -0.2) is 9.36 Å².